The summed E-state index contributed by atoms with van der Waals surface area (Å²) in [6.07, 6.45) is 8.45. The second-order valence-electron chi connectivity index (χ2n) is 9.11. The van der Waals surface area contributed by atoms with Gasteiger partial charge in [0.05, 0.1) is 12.3 Å². The molecular formula is C20H28O4. The number of ether oxygens (including phenoxy) is 2. The third-order valence-electron chi connectivity index (χ3n) is 6.54. The average Bonchev–Trinajstić information content (AvgIpc) is 3.23. The van der Waals surface area contributed by atoms with Gasteiger partial charge in [-0.3, -0.25) is 9.59 Å². The van der Waals surface area contributed by atoms with Gasteiger partial charge in [-0.2, -0.15) is 0 Å². The molecule has 4 aliphatic carbocycles. The maximum atomic E-state index is 12.5. The molecule has 7 atom stereocenters. The highest BCUT2D eigenvalue weighted by Gasteiger charge is 2.62. The lowest BCUT2D eigenvalue weighted by Gasteiger charge is -2.35. The van der Waals surface area contributed by atoms with Crippen LogP contribution in [-0.2, 0) is 19.1 Å². The Morgan fingerprint density at radius 2 is 1.75 bits per heavy atom. The van der Waals surface area contributed by atoms with Crippen LogP contribution in [0.5, 0.6) is 0 Å². The molecule has 0 aromatic heterocycles. The molecule has 24 heavy (non-hydrogen) atoms. The fourth-order valence-electron chi connectivity index (χ4n) is 6.02. The summed E-state index contributed by atoms with van der Waals surface area (Å²) in [5, 5.41) is 0. The summed E-state index contributed by atoms with van der Waals surface area (Å²) in [6.45, 7) is 5.66. The third-order valence-corrected chi connectivity index (χ3v) is 6.54. The monoisotopic (exact) mass is 332 g/mol. The Labute approximate surface area is 144 Å². The second-order valence-corrected chi connectivity index (χ2v) is 9.11. The van der Waals surface area contributed by atoms with E-state index in [0.717, 1.165) is 18.3 Å². The van der Waals surface area contributed by atoms with E-state index in [1.165, 1.54) is 12.8 Å². The van der Waals surface area contributed by atoms with E-state index >= 15 is 0 Å². The van der Waals surface area contributed by atoms with Gasteiger partial charge in [0.25, 0.3) is 0 Å². The van der Waals surface area contributed by atoms with Gasteiger partial charge in [0.2, 0.25) is 0 Å². The number of esters is 2. The number of hydrogen-bond donors (Lipinski definition) is 0. The van der Waals surface area contributed by atoms with Crippen molar-refractivity contribution in [2.45, 2.75) is 52.1 Å². The molecule has 0 heterocycles. The molecule has 4 aliphatic rings. The van der Waals surface area contributed by atoms with Crippen LogP contribution in [0, 0.1) is 41.4 Å². The van der Waals surface area contributed by atoms with Gasteiger partial charge in [-0.1, -0.05) is 12.2 Å². The van der Waals surface area contributed by atoms with Crippen molar-refractivity contribution in [1.82, 2.24) is 0 Å². The highest BCUT2D eigenvalue weighted by atomic mass is 16.6. The highest BCUT2D eigenvalue weighted by molar-refractivity contribution is 5.75. The van der Waals surface area contributed by atoms with Gasteiger partial charge in [-0.15, -0.1) is 0 Å². The molecule has 3 saturated carbocycles. The van der Waals surface area contributed by atoms with Crippen molar-refractivity contribution in [3.8, 4) is 0 Å². The van der Waals surface area contributed by atoms with Gasteiger partial charge in [-0.25, -0.2) is 0 Å². The van der Waals surface area contributed by atoms with Crippen molar-refractivity contribution in [1.29, 1.82) is 0 Å². The predicted octanol–water partition coefficient (Wildman–Crippen LogP) is 3.36. The predicted molar refractivity (Wildman–Crippen MR) is 88.8 cm³/mol. The van der Waals surface area contributed by atoms with E-state index < -0.39 is 5.60 Å². The molecule has 0 aromatic carbocycles. The minimum atomic E-state index is -0.490. The van der Waals surface area contributed by atoms with Crippen molar-refractivity contribution in [2.75, 3.05) is 6.61 Å². The zero-order chi connectivity index (χ0) is 17.1. The fourth-order valence-corrected chi connectivity index (χ4v) is 6.02. The lowest BCUT2D eigenvalue weighted by Crippen LogP contribution is -2.35. The number of carbonyl (C=O) groups is 2. The molecule has 3 fully saturated rings. The normalized spacial score (nSPS) is 41.5. The Morgan fingerprint density at radius 1 is 1.04 bits per heavy atom. The summed E-state index contributed by atoms with van der Waals surface area (Å²) in [5.41, 5.74) is -0.490. The zero-order valence-electron chi connectivity index (χ0n) is 14.9. The molecule has 4 nitrogen and oxygen atoms in total. The number of hydrogen-bond acceptors (Lipinski definition) is 4. The first-order chi connectivity index (χ1) is 11.3. The number of fused-ring (bicyclic) bond motifs is 9. The number of allylic oxidation sites excluding steroid dienone is 2. The Bertz CT molecular complexity index is 573. The van der Waals surface area contributed by atoms with Crippen molar-refractivity contribution >= 4 is 11.9 Å². The first-order valence-electron chi connectivity index (χ1n) is 9.40. The quantitative estimate of drug-likeness (QED) is 0.450. The Balaban J connectivity index is 1.28. The number of rotatable bonds is 4. The fraction of sp³-hybridized carbons (Fsp3) is 0.800. The molecule has 0 spiro atoms. The van der Waals surface area contributed by atoms with Crippen LogP contribution >= 0.6 is 0 Å². The molecule has 0 aliphatic heterocycles. The maximum Gasteiger partial charge on any atom is 0.309 e. The van der Waals surface area contributed by atoms with Crippen molar-refractivity contribution in [3.63, 3.8) is 0 Å². The van der Waals surface area contributed by atoms with Gasteiger partial charge < -0.3 is 9.47 Å². The average molecular weight is 332 g/mol. The summed E-state index contributed by atoms with van der Waals surface area (Å²) in [4.78, 5) is 24.2. The zero-order valence-corrected chi connectivity index (χ0v) is 14.9. The summed E-state index contributed by atoms with van der Waals surface area (Å²) < 4.78 is 10.7. The molecule has 0 saturated heterocycles. The van der Waals surface area contributed by atoms with Crippen LogP contribution < -0.4 is 0 Å². The van der Waals surface area contributed by atoms with Gasteiger partial charge in [0, 0.05) is 0 Å². The lowest BCUT2D eigenvalue weighted by molar-refractivity contribution is -0.159. The molecule has 0 N–H and O–H groups in total. The largest absolute Gasteiger partial charge is 0.465 e. The van der Waals surface area contributed by atoms with Gasteiger partial charge >= 0.3 is 11.9 Å². The summed E-state index contributed by atoms with van der Waals surface area (Å²) in [6, 6.07) is 0. The van der Waals surface area contributed by atoms with Gasteiger partial charge in [0.15, 0.2) is 0 Å². The van der Waals surface area contributed by atoms with Crippen molar-refractivity contribution in [2.24, 2.45) is 41.4 Å². The van der Waals surface area contributed by atoms with Gasteiger partial charge in [0.1, 0.15) is 12.2 Å². The van der Waals surface area contributed by atoms with E-state index in [9.17, 15) is 9.59 Å². The van der Waals surface area contributed by atoms with E-state index in [-0.39, 0.29) is 30.9 Å². The molecule has 7 unspecified atom stereocenters. The summed E-state index contributed by atoms with van der Waals surface area (Å²) in [5.74, 6) is 3.90. The van der Waals surface area contributed by atoms with Crippen LogP contribution in [0.15, 0.2) is 12.2 Å². The minimum absolute atomic E-state index is 0.0580. The Hall–Kier alpha value is -1.32. The molecule has 4 bridgehead atoms. The van der Waals surface area contributed by atoms with Crippen LogP contribution in [0.3, 0.4) is 0 Å². The third kappa shape index (κ3) is 2.68. The van der Waals surface area contributed by atoms with E-state index in [1.54, 1.807) is 0 Å². The maximum absolute atomic E-state index is 12.5. The molecule has 132 valence electrons. The standard InChI is InChI=1S/C20H28O4/c1-20(2,3)24-16(21)6-7-23-19(22)15-10-13-9-14(15)18-12-5-4-11(8-12)17(13)18/h4-5,11-15,17-18H,6-10H2,1-3H3. The molecule has 4 heteroatoms. The first kappa shape index (κ1) is 16.2. The van der Waals surface area contributed by atoms with E-state index in [2.05, 4.69) is 12.2 Å². The lowest BCUT2D eigenvalue weighted by atomic mass is 9.69. The van der Waals surface area contributed by atoms with Crippen LogP contribution in [0.1, 0.15) is 46.5 Å². The number of carbonyl (C=O) groups excluding carboxylic acids is 2. The van der Waals surface area contributed by atoms with Crippen molar-refractivity contribution in [3.05, 3.63) is 12.2 Å². The van der Waals surface area contributed by atoms with Crippen molar-refractivity contribution < 1.29 is 19.1 Å². The molecule has 4 rings (SSSR count). The molecule has 0 radical (unpaired) electrons. The van der Waals surface area contributed by atoms with E-state index in [1.807, 2.05) is 20.8 Å². The molecule has 0 aromatic rings. The van der Waals surface area contributed by atoms with E-state index in [0.29, 0.717) is 23.7 Å². The van der Waals surface area contributed by atoms with Crippen LogP contribution in [-0.4, -0.2) is 24.1 Å². The van der Waals surface area contributed by atoms with E-state index in [4.69, 9.17) is 9.47 Å². The first-order valence-corrected chi connectivity index (χ1v) is 9.40. The Kier molecular flexibility index (Phi) is 3.77. The SMILES string of the molecule is CC(C)(C)OC(=O)CCOC(=O)C1CC2CC1C1C3C=CC(C3)C21. The topological polar surface area (TPSA) is 52.6 Å². The van der Waals surface area contributed by atoms with Crippen LogP contribution in [0.25, 0.3) is 0 Å². The highest BCUT2D eigenvalue weighted by Crippen LogP contribution is 2.67. The smallest absolute Gasteiger partial charge is 0.309 e. The van der Waals surface area contributed by atoms with Crippen LogP contribution in [0.4, 0.5) is 0 Å². The van der Waals surface area contributed by atoms with Crippen LogP contribution in [0.2, 0.25) is 0 Å². The summed E-state index contributed by atoms with van der Waals surface area (Å²) >= 11 is 0. The molecular weight excluding hydrogens is 304 g/mol. The van der Waals surface area contributed by atoms with Gasteiger partial charge in [-0.05, 0) is 75.5 Å². The summed E-state index contributed by atoms with van der Waals surface area (Å²) in [7, 11) is 0. The minimum Gasteiger partial charge on any atom is -0.465 e. The molecule has 0 amide bonds. The second kappa shape index (κ2) is 5.60. The Morgan fingerprint density at radius 3 is 2.46 bits per heavy atom.